The molecule has 0 radical (unpaired) electrons. The van der Waals surface area contributed by atoms with Gasteiger partial charge < -0.3 is 19.8 Å². The van der Waals surface area contributed by atoms with E-state index in [0.29, 0.717) is 24.9 Å². The van der Waals surface area contributed by atoms with Crippen LogP contribution in [0.25, 0.3) is 0 Å². The van der Waals surface area contributed by atoms with Gasteiger partial charge in [0.25, 0.3) is 0 Å². The average molecular weight is 322 g/mol. The standard InChI is InChI=1S/C16H26N4O3/c1-11(17-16(22)20-9-5-8-13(21)10-20)15-18-14(19-23-15)12-6-3-2-4-7-12/h11-13,21H,2-10H2,1H3,(H,17,22). The molecule has 2 N–H and O–H groups in total. The summed E-state index contributed by atoms with van der Waals surface area (Å²) in [5, 5.41) is 16.6. The molecule has 3 rings (SSSR count). The number of amides is 2. The Morgan fingerprint density at radius 2 is 2.09 bits per heavy atom. The molecular formula is C16H26N4O3. The van der Waals surface area contributed by atoms with Gasteiger partial charge in [-0.25, -0.2) is 4.79 Å². The normalized spacial score (nSPS) is 24.4. The summed E-state index contributed by atoms with van der Waals surface area (Å²) in [5.74, 6) is 1.62. The summed E-state index contributed by atoms with van der Waals surface area (Å²) in [7, 11) is 0. The topological polar surface area (TPSA) is 91.5 Å². The van der Waals surface area contributed by atoms with Crippen LogP contribution in [-0.4, -0.2) is 45.4 Å². The van der Waals surface area contributed by atoms with Gasteiger partial charge in [-0.1, -0.05) is 24.4 Å². The Labute approximate surface area is 136 Å². The highest BCUT2D eigenvalue weighted by molar-refractivity contribution is 5.74. The fourth-order valence-electron chi connectivity index (χ4n) is 3.43. The molecule has 7 heteroatoms. The highest BCUT2D eigenvalue weighted by Gasteiger charge is 2.26. The van der Waals surface area contributed by atoms with Crippen LogP contribution in [0, 0.1) is 0 Å². The Balaban J connectivity index is 1.56. The van der Waals surface area contributed by atoms with Crippen molar-refractivity contribution in [3.63, 3.8) is 0 Å². The smallest absolute Gasteiger partial charge is 0.318 e. The van der Waals surface area contributed by atoms with E-state index in [1.165, 1.54) is 19.3 Å². The number of aliphatic hydroxyl groups is 1. The minimum Gasteiger partial charge on any atom is -0.391 e. The number of piperidine rings is 1. The van der Waals surface area contributed by atoms with Crippen molar-refractivity contribution in [2.45, 2.75) is 69.9 Å². The van der Waals surface area contributed by atoms with Gasteiger partial charge in [-0.2, -0.15) is 4.98 Å². The van der Waals surface area contributed by atoms with Gasteiger partial charge in [0.2, 0.25) is 5.89 Å². The van der Waals surface area contributed by atoms with Gasteiger partial charge in [-0.15, -0.1) is 0 Å². The number of urea groups is 1. The van der Waals surface area contributed by atoms with E-state index >= 15 is 0 Å². The number of aliphatic hydroxyl groups excluding tert-OH is 1. The van der Waals surface area contributed by atoms with E-state index in [-0.39, 0.29) is 12.1 Å². The maximum absolute atomic E-state index is 12.2. The molecule has 1 aliphatic heterocycles. The maximum Gasteiger partial charge on any atom is 0.318 e. The van der Waals surface area contributed by atoms with Gasteiger partial charge >= 0.3 is 6.03 Å². The van der Waals surface area contributed by atoms with Gasteiger partial charge in [0.1, 0.15) is 6.04 Å². The Bertz CT molecular complexity index is 527. The molecule has 1 aromatic rings. The number of nitrogens with zero attached hydrogens (tertiary/aromatic N) is 3. The highest BCUT2D eigenvalue weighted by Crippen LogP contribution is 2.31. The molecule has 2 fully saturated rings. The predicted octanol–water partition coefficient (Wildman–Crippen LogP) is 2.34. The lowest BCUT2D eigenvalue weighted by Gasteiger charge is -2.30. The van der Waals surface area contributed by atoms with Crippen molar-refractivity contribution in [2.75, 3.05) is 13.1 Å². The summed E-state index contributed by atoms with van der Waals surface area (Å²) in [5.41, 5.74) is 0. The molecule has 2 amide bonds. The zero-order chi connectivity index (χ0) is 16.2. The molecule has 1 aliphatic carbocycles. The Hall–Kier alpha value is -1.63. The van der Waals surface area contributed by atoms with Gasteiger partial charge in [0.05, 0.1) is 6.10 Å². The molecular weight excluding hydrogens is 296 g/mol. The summed E-state index contributed by atoms with van der Waals surface area (Å²) in [6.45, 7) is 2.90. The van der Waals surface area contributed by atoms with Crippen LogP contribution in [0.1, 0.15) is 75.5 Å². The highest BCUT2D eigenvalue weighted by atomic mass is 16.5. The summed E-state index contributed by atoms with van der Waals surface area (Å²) < 4.78 is 5.35. The zero-order valence-electron chi connectivity index (χ0n) is 13.7. The van der Waals surface area contributed by atoms with E-state index in [1.54, 1.807) is 4.90 Å². The number of carbonyl (C=O) groups excluding carboxylic acids is 1. The van der Waals surface area contributed by atoms with Gasteiger partial charge in [0.15, 0.2) is 5.82 Å². The number of nitrogens with one attached hydrogen (secondary N) is 1. The minimum atomic E-state index is -0.425. The van der Waals surface area contributed by atoms with Crippen molar-refractivity contribution < 1.29 is 14.4 Å². The number of likely N-dealkylation sites (tertiary alicyclic amines) is 1. The van der Waals surface area contributed by atoms with E-state index in [0.717, 1.165) is 31.5 Å². The van der Waals surface area contributed by atoms with Gasteiger partial charge in [-0.3, -0.25) is 0 Å². The van der Waals surface area contributed by atoms with Crippen molar-refractivity contribution >= 4 is 6.03 Å². The van der Waals surface area contributed by atoms with E-state index in [2.05, 4.69) is 15.5 Å². The number of carbonyl (C=O) groups is 1. The third-order valence-corrected chi connectivity index (χ3v) is 4.82. The fraction of sp³-hybridized carbons (Fsp3) is 0.812. The number of aromatic nitrogens is 2. The SMILES string of the molecule is CC(NC(=O)N1CCCC(O)C1)c1nc(C2CCCCC2)no1. The quantitative estimate of drug-likeness (QED) is 0.891. The number of hydrogen-bond acceptors (Lipinski definition) is 5. The molecule has 2 heterocycles. The van der Waals surface area contributed by atoms with Crippen molar-refractivity contribution in [3.05, 3.63) is 11.7 Å². The Morgan fingerprint density at radius 3 is 2.83 bits per heavy atom. The van der Waals surface area contributed by atoms with Crippen LogP contribution in [0.4, 0.5) is 4.79 Å². The van der Waals surface area contributed by atoms with Crippen LogP contribution >= 0.6 is 0 Å². The number of β-amino-alcohol motifs (C(OH)–C–C–N with tert-alkyl or cyclic N) is 1. The van der Waals surface area contributed by atoms with Crippen molar-refractivity contribution in [1.29, 1.82) is 0 Å². The monoisotopic (exact) mass is 322 g/mol. The van der Waals surface area contributed by atoms with Crippen LogP contribution in [0.3, 0.4) is 0 Å². The molecule has 2 unspecified atom stereocenters. The fourth-order valence-corrected chi connectivity index (χ4v) is 3.43. The molecule has 2 atom stereocenters. The summed E-state index contributed by atoms with van der Waals surface area (Å²) in [6, 6.07) is -0.514. The molecule has 1 aromatic heterocycles. The minimum absolute atomic E-state index is 0.186. The summed E-state index contributed by atoms with van der Waals surface area (Å²) >= 11 is 0. The van der Waals surface area contributed by atoms with E-state index in [1.807, 2.05) is 6.92 Å². The van der Waals surface area contributed by atoms with E-state index < -0.39 is 6.10 Å². The predicted molar refractivity (Wildman–Crippen MR) is 83.9 cm³/mol. The molecule has 1 saturated carbocycles. The second-order valence-corrected chi connectivity index (χ2v) is 6.74. The lowest BCUT2D eigenvalue weighted by Crippen LogP contribution is -2.47. The first-order valence-electron chi connectivity index (χ1n) is 8.70. The van der Waals surface area contributed by atoms with E-state index in [4.69, 9.17) is 4.52 Å². The van der Waals surface area contributed by atoms with Crippen LogP contribution in [-0.2, 0) is 0 Å². The molecule has 0 aromatic carbocycles. The third kappa shape index (κ3) is 4.02. The van der Waals surface area contributed by atoms with Gasteiger partial charge in [-0.05, 0) is 32.6 Å². The Morgan fingerprint density at radius 1 is 1.30 bits per heavy atom. The molecule has 23 heavy (non-hydrogen) atoms. The van der Waals surface area contributed by atoms with Crippen LogP contribution in [0.2, 0.25) is 0 Å². The first-order valence-corrected chi connectivity index (χ1v) is 8.70. The molecule has 128 valence electrons. The third-order valence-electron chi connectivity index (χ3n) is 4.82. The molecule has 2 aliphatic rings. The van der Waals surface area contributed by atoms with Crippen molar-refractivity contribution in [1.82, 2.24) is 20.4 Å². The first-order chi connectivity index (χ1) is 11.1. The van der Waals surface area contributed by atoms with Gasteiger partial charge in [0, 0.05) is 19.0 Å². The maximum atomic E-state index is 12.2. The Kier molecular flexibility index (Phi) is 5.15. The van der Waals surface area contributed by atoms with Crippen molar-refractivity contribution in [2.24, 2.45) is 0 Å². The largest absolute Gasteiger partial charge is 0.391 e. The molecule has 1 saturated heterocycles. The van der Waals surface area contributed by atoms with E-state index in [9.17, 15) is 9.90 Å². The zero-order valence-corrected chi connectivity index (χ0v) is 13.7. The average Bonchev–Trinajstić information content (AvgIpc) is 3.06. The first kappa shape index (κ1) is 16.2. The molecule has 0 spiro atoms. The van der Waals surface area contributed by atoms with Crippen molar-refractivity contribution in [3.8, 4) is 0 Å². The van der Waals surface area contributed by atoms with Crippen LogP contribution < -0.4 is 5.32 Å². The lowest BCUT2D eigenvalue weighted by atomic mass is 9.89. The second-order valence-electron chi connectivity index (χ2n) is 6.74. The second kappa shape index (κ2) is 7.29. The molecule has 7 nitrogen and oxygen atoms in total. The lowest BCUT2D eigenvalue weighted by molar-refractivity contribution is 0.0831. The number of rotatable bonds is 3. The summed E-state index contributed by atoms with van der Waals surface area (Å²) in [4.78, 5) is 18.4. The summed E-state index contributed by atoms with van der Waals surface area (Å²) in [6.07, 6.45) is 7.12. The van der Waals surface area contributed by atoms with Crippen LogP contribution in [0.5, 0.6) is 0 Å². The molecule has 0 bridgehead atoms. The number of hydrogen-bond donors (Lipinski definition) is 2. The van der Waals surface area contributed by atoms with Crippen LogP contribution in [0.15, 0.2) is 4.52 Å².